The normalized spacial score (nSPS) is 39.6. The summed E-state index contributed by atoms with van der Waals surface area (Å²) < 4.78 is 30.3. The van der Waals surface area contributed by atoms with Crippen molar-refractivity contribution in [2.45, 2.75) is 186 Å². The second kappa shape index (κ2) is 15.4. The summed E-state index contributed by atoms with van der Waals surface area (Å²) in [7, 11) is 0. The molecule has 2 aliphatic heterocycles. The minimum atomic E-state index is -1.31. The van der Waals surface area contributed by atoms with Gasteiger partial charge in [0.2, 0.25) is 5.79 Å². The maximum absolute atomic E-state index is 14.7. The van der Waals surface area contributed by atoms with Crippen LogP contribution in [-0.2, 0) is 42.9 Å². The molecule has 8 rings (SSSR count). The zero-order valence-corrected chi connectivity index (χ0v) is 27.1. The fourth-order valence-electron chi connectivity index (χ4n) is 10.9. The molecule has 2 heterocycles. The summed E-state index contributed by atoms with van der Waals surface area (Å²) in [6.45, 7) is 9.40. The van der Waals surface area contributed by atoms with Crippen molar-refractivity contribution in [2.75, 3.05) is 6.61 Å². The van der Waals surface area contributed by atoms with E-state index in [-0.39, 0.29) is 82.3 Å². The molecule has 6 atom stereocenters. The van der Waals surface area contributed by atoms with E-state index in [2.05, 4.69) is 6.92 Å². The van der Waals surface area contributed by atoms with Crippen LogP contribution in [0.15, 0.2) is 0 Å². The highest BCUT2D eigenvalue weighted by Crippen LogP contribution is 2.62. The number of carbonyl (C=O) groups is 4. The highest BCUT2D eigenvalue weighted by molar-refractivity contribution is 5.85. The second-order valence-electron chi connectivity index (χ2n) is 16.8. The van der Waals surface area contributed by atoms with Crippen LogP contribution < -0.4 is 0 Å². The molecule has 9 nitrogen and oxygen atoms in total. The molecule has 6 saturated carbocycles. The van der Waals surface area contributed by atoms with Crippen molar-refractivity contribution in [1.29, 1.82) is 0 Å². The predicted octanol–water partition coefficient (Wildman–Crippen LogP) is 9.47. The van der Waals surface area contributed by atoms with Crippen molar-refractivity contribution in [2.24, 2.45) is 46.3 Å². The van der Waals surface area contributed by atoms with Crippen molar-refractivity contribution in [3.05, 3.63) is 0 Å². The van der Waals surface area contributed by atoms with E-state index in [1.807, 2.05) is 13.8 Å². The first-order valence-electron chi connectivity index (χ1n) is 17.2. The van der Waals surface area contributed by atoms with Gasteiger partial charge in [0.1, 0.15) is 18.3 Å². The third-order valence-electron chi connectivity index (χ3n) is 13.0. The number of fused-ring (bicyclic) bond motifs is 3. The molecule has 6 aliphatic carbocycles. The molecule has 8 fully saturated rings. The van der Waals surface area contributed by atoms with E-state index in [1.165, 1.54) is 6.42 Å². The fourth-order valence-corrected chi connectivity index (χ4v) is 10.9. The van der Waals surface area contributed by atoms with Crippen LogP contribution in [-0.4, -0.2) is 53.6 Å². The molecule has 1 spiro atoms. The van der Waals surface area contributed by atoms with Gasteiger partial charge in [0.05, 0.1) is 17.3 Å². The van der Waals surface area contributed by atoms with E-state index in [9.17, 15) is 19.2 Å². The maximum Gasteiger partial charge on any atom is 0.341 e. The standard InChI is InChI=1S/C35H50O9.6CH4/c1-6-34(30(39)43-35(44-34)16-20-7-8-23(35)10-20)19-32(4,18-31(2,3)28(37)41-26-15-27(36)40-17-26)29(38)42-33(5)24-11-21-9-22(13-24)14-25(33)12-21;;;;;;/h20-26H,6-19H2,1-5H3;6*1H4. The average Bonchev–Trinajstić information content (AvgIpc) is 3.71. The van der Waals surface area contributed by atoms with Gasteiger partial charge in [-0.15, -0.1) is 0 Å². The van der Waals surface area contributed by atoms with Crippen molar-refractivity contribution in [3.8, 4) is 0 Å². The predicted molar refractivity (Wildman–Crippen MR) is 197 cm³/mol. The van der Waals surface area contributed by atoms with Gasteiger partial charge in [-0.25, -0.2) is 4.79 Å². The fraction of sp³-hybridized carbons (Fsp3) is 0.902. The van der Waals surface area contributed by atoms with Crippen LogP contribution in [0.3, 0.4) is 0 Å². The maximum atomic E-state index is 14.7. The molecule has 50 heavy (non-hydrogen) atoms. The van der Waals surface area contributed by atoms with Gasteiger partial charge in [0.25, 0.3) is 0 Å². The van der Waals surface area contributed by atoms with E-state index in [0.29, 0.717) is 30.6 Å². The number of hydrogen-bond donors (Lipinski definition) is 0. The molecule has 0 amide bonds. The van der Waals surface area contributed by atoms with E-state index in [4.69, 9.17) is 23.7 Å². The average molecular weight is 711 g/mol. The Morgan fingerprint density at radius 1 is 0.820 bits per heavy atom. The molecule has 6 unspecified atom stereocenters. The van der Waals surface area contributed by atoms with Crippen LogP contribution in [0.25, 0.3) is 0 Å². The first-order valence-corrected chi connectivity index (χ1v) is 17.2. The van der Waals surface area contributed by atoms with Gasteiger partial charge in [-0.05, 0) is 121 Å². The number of rotatable bonds is 9. The lowest BCUT2D eigenvalue weighted by molar-refractivity contribution is -0.230. The van der Waals surface area contributed by atoms with E-state index < -0.39 is 51.8 Å². The molecule has 6 bridgehead atoms. The number of ether oxygens (including phenoxy) is 5. The molecular weight excluding hydrogens is 636 g/mol. The summed E-state index contributed by atoms with van der Waals surface area (Å²) in [4.78, 5) is 53.7. The molecule has 9 heteroatoms. The minimum absolute atomic E-state index is 0. The second-order valence-corrected chi connectivity index (χ2v) is 16.8. The Hall–Kier alpha value is -2.16. The molecular formula is C41H74O9. The third-order valence-corrected chi connectivity index (χ3v) is 13.0. The van der Waals surface area contributed by atoms with Crippen LogP contribution >= 0.6 is 0 Å². The van der Waals surface area contributed by atoms with Crippen molar-refractivity contribution in [1.82, 2.24) is 0 Å². The molecule has 0 aromatic carbocycles. The first-order chi connectivity index (χ1) is 20.7. The van der Waals surface area contributed by atoms with Crippen molar-refractivity contribution in [3.63, 3.8) is 0 Å². The van der Waals surface area contributed by atoms with Gasteiger partial charge < -0.3 is 23.7 Å². The summed E-state index contributed by atoms with van der Waals surface area (Å²) >= 11 is 0. The zero-order valence-electron chi connectivity index (χ0n) is 27.1. The topological polar surface area (TPSA) is 114 Å². The first kappa shape index (κ1) is 45.9. The van der Waals surface area contributed by atoms with Crippen LogP contribution in [0, 0.1) is 46.3 Å². The largest absolute Gasteiger partial charge is 0.462 e. The van der Waals surface area contributed by atoms with Gasteiger partial charge >= 0.3 is 23.9 Å². The summed E-state index contributed by atoms with van der Waals surface area (Å²) in [6.07, 6.45) is 9.35. The quantitative estimate of drug-likeness (QED) is 0.170. The van der Waals surface area contributed by atoms with Crippen molar-refractivity contribution >= 4 is 23.9 Å². The number of cyclic esters (lactones) is 1. The minimum Gasteiger partial charge on any atom is -0.462 e. The monoisotopic (exact) mass is 711 g/mol. The Labute approximate surface area is 305 Å². The van der Waals surface area contributed by atoms with E-state index in [1.54, 1.807) is 13.8 Å². The van der Waals surface area contributed by atoms with E-state index in [0.717, 1.165) is 56.8 Å². The number of esters is 4. The van der Waals surface area contributed by atoms with Crippen LogP contribution in [0.5, 0.6) is 0 Å². The summed E-state index contributed by atoms with van der Waals surface area (Å²) in [6, 6.07) is 0. The lowest BCUT2D eigenvalue weighted by Gasteiger charge is -2.59. The van der Waals surface area contributed by atoms with Crippen LogP contribution in [0.2, 0.25) is 0 Å². The Morgan fingerprint density at radius 3 is 1.88 bits per heavy atom. The van der Waals surface area contributed by atoms with Crippen LogP contribution in [0.4, 0.5) is 0 Å². The smallest absolute Gasteiger partial charge is 0.341 e. The Bertz CT molecular complexity index is 1210. The molecule has 292 valence electrons. The molecule has 2 saturated heterocycles. The highest BCUT2D eigenvalue weighted by atomic mass is 16.8. The Balaban J connectivity index is 0.00000208. The molecule has 0 aromatic rings. The Kier molecular flexibility index (Phi) is 14.2. The molecule has 0 aromatic heterocycles. The van der Waals surface area contributed by atoms with Gasteiger partial charge in [-0.1, -0.05) is 51.5 Å². The highest BCUT2D eigenvalue weighted by Gasteiger charge is 2.67. The van der Waals surface area contributed by atoms with Crippen molar-refractivity contribution < 1.29 is 42.9 Å². The lowest BCUT2D eigenvalue weighted by Crippen LogP contribution is -2.59. The summed E-state index contributed by atoms with van der Waals surface area (Å²) in [5, 5.41) is 0. The number of hydrogen-bond acceptors (Lipinski definition) is 9. The molecule has 0 radical (unpaired) electrons. The van der Waals surface area contributed by atoms with Gasteiger partial charge in [-0.3, -0.25) is 14.4 Å². The molecule has 0 N–H and O–H groups in total. The zero-order chi connectivity index (χ0) is 31.3. The Morgan fingerprint density at radius 2 is 1.40 bits per heavy atom. The summed E-state index contributed by atoms with van der Waals surface area (Å²) in [5.74, 6) is 0.159. The lowest BCUT2D eigenvalue weighted by atomic mass is 9.50. The van der Waals surface area contributed by atoms with Gasteiger partial charge in [-0.2, -0.15) is 0 Å². The third kappa shape index (κ3) is 7.37. The van der Waals surface area contributed by atoms with Crippen LogP contribution in [0.1, 0.15) is 163 Å². The van der Waals surface area contributed by atoms with Gasteiger partial charge in [0, 0.05) is 18.8 Å². The van der Waals surface area contributed by atoms with E-state index >= 15 is 0 Å². The van der Waals surface area contributed by atoms with Gasteiger partial charge in [0.15, 0.2) is 5.60 Å². The number of carbonyl (C=O) groups excluding carboxylic acids is 4. The molecule has 8 aliphatic rings. The SMILES string of the molecule is C.C.C.C.C.C.CCC1(CC(C)(CC(C)(C)C(=O)OC2COC(=O)C2)C(=O)OC2(C)C3CC4CC(C3)CC2C4)OC2(CC3CCC2C3)OC1=O. The summed E-state index contributed by atoms with van der Waals surface area (Å²) in [5.41, 5.74) is -4.25.